The zero-order valence-electron chi connectivity index (χ0n) is 19.2. The van der Waals surface area contributed by atoms with E-state index < -0.39 is 23.7 Å². The van der Waals surface area contributed by atoms with E-state index in [0.29, 0.717) is 22.7 Å². The van der Waals surface area contributed by atoms with Crippen molar-refractivity contribution in [3.8, 4) is 5.75 Å². The summed E-state index contributed by atoms with van der Waals surface area (Å²) in [5, 5.41) is 2.81. The van der Waals surface area contributed by atoms with Gasteiger partial charge in [0.05, 0.1) is 13.3 Å². The molecule has 0 saturated heterocycles. The van der Waals surface area contributed by atoms with Crippen molar-refractivity contribution in [2.75, 3.05) is 17.3 Å². The minimum absolute atomic E-state index is 0.0801. The number of benzene rings is 3. The Kier molecular flexibility index (Phi) is 7.11. The van der Waals surface area contributed by atoms with E-state index in [1.807, 2.05) is 19.1 Å². The van der Waals surface area contributed by atoms with E-state index >= 15 is 0 Å². The SMILES string of the molecule is COc1ccc(N(C(=O)c2cnccn2)[C@H](C(=O)Nc2ccc(F)cc2)c2ccccc2C)cc1. The van der Waals surface area contributed by atoms with Crippen molar-refractivity contribution < 1.29 is 18.7 Å². The first-order valence-corrected chi connectivity index (χ1v) is 10.8. The van der Waals surface area contributed by atoms with Crippen LogP contribution < -0.4 is 15.0 Å². The van der Waals surface area contributed by atoms with Gasteiger partial charge in [0, 0.05) is 23.8 Å². The first-order chi connectivity index (χ1) is 17.0. The van der Waals surface area contributed by atoms with Gasteiger partial charge in [-0.3, -0.25) is 19.5 Å². The lowest BCUT2D eigenvalue weighted by Crippen LogP contribution is -2.42. The van der Waals surface area contributed by atoms with Crippen molar-refractivity contribution in [3.63, 3.8) is 0 Å². The quantitative estimate of drug-likeness (QED) is 0.413. The highest BCUT2D eigenvalue weighted by atomic mass is 19.1. The number of hydrogen-bond donors (Lipinski definition) is 1. The summed E-state index contributed by atoms with van der Waals surface area (Å²) in [6.07, 6.45) is 4.24. The van der Waals surface area contributed by atoms with Crippen LogP contribution in [0.25, 0.3) is 0 Å². The molecule has 0 aliphatic rings. The number of aromatic nitrogens is 2. The number of anilines is 2. The van der Waals surface area contributed by atoms with Crippen LogP contribution in [0.3, 0.4) is 0 Å². The minimum atomic E-state index is -1.07. The third-order valence-electron chi connectivity index (χ3n) is 5.45. The first-order valence-electron chi connectivity index (χ1n) is 10.8. The number of carbonyl (C=O) groups is 2. The number of hydrogen-bond acceptors (Lipinski definition) is 5. The van der Waals surface area contributed by atoms with Crippen LogP contribution in [0.4, 0.5) is 15.8 Å². The van der Waals surface area contributed by atoms with Crippen LogP contribution in [0.2, 0.25) is 0 Å². The first kappa shape index (κ1) is 23.6. The molecular formula is C27H23FN4O3. The van der Waals surface area contributed by atoms with Crippen LogP contribution in [0.1, 0.15) is 27.7 Å². The van der Waals surface area contributed by atoms with Gasteiger partial charge in [-0.25, -0.2) is 9.37 Å². The maximum absolute atomic E-state index is 13.8. The molecule has 176 valence electrons. The monoisotopic (exact) mass is 470 g/mol. The Hall–Kier alpha value is -4.59. The van der Waals surface area contributed by atoms with Crippen LogP contribution in [0.5, 0.6) is 5.75 Å². The van der Waals surface area contributed by atoms with E-state index in [4.69, 9.17) is 4.74 Å². The average molecular weight is 471 g/mol. The number of ether oxygens (including phenoxy) is 1. The number of amides is 2. The molecule has 0 saturated carbocycles. The molecule has 1 atom stereocenters. The van der Waals surface area contributed by atoms with Crippen LogP contribution in [0, 0.1) is 12.7 Å². The summed E-state index contributed by atoms with van der Waals surface area (Å²) in [5.74, 6) is -0.801. The fourth-order valence-corrected chi connectivity index (χ4v) is 3.69. The number of halogens is 1. The Bertz CT molecular complexity index is 1310. The molecule has 35 heavy (non-hydrogen) atoms. The number of nitrogens with zero attached hydrogens (tertiary/aromatic N) is 3. The smallest absolute Gasteiger partial charge is 0.279 e. The molecule has 2 amide bonds. The molecule has 0 spiro atoms. The third-order valence-corrected chi connectivity index (χ3v) is 5.45. The molecule has 8 heteroatoms. The maximum atomic E-state index is 13.8. The molecule has 0 unspecified atom stereocenters. The second kappa shape index (κ2) is 10.6. The topological polar surface area (TPSA) is 84.4 Å². The number of nitrogens with one attached hydrogen (secondary N) is 1. The predicted molar refractivity (Wildman–Crippen MR) is 131 cm³/mol. The molecular weight excluding hydrogens is 447 g/mol. The van der Waals surface area contributed by atoms with Gasteiger partial charge in [-0.1, -0.05) is 24.3 Å². The molecule has 3 aromatic carbocycles. The molecule has 4 aromatic rings. The van der Waals surface area contributed by atoms with Gasteiger partial charge in [-0.2, -0.15) is 0 Å². The number of carbonyl (C=O) groups excluding carboxylic acids is 2. The van der Waals surface area contributed by atoms with E-state index in [9.17, 15) is 14.0 Å². The van der Waals surface area contributed by atoms with Crippen LogP contribution in [-0.2, 0) is 4.79 Å². The third kappa shape index (κ3) is 5.33. The molecule has 1 N–H and O–H groups in total. The van der Waals surface area contributed by atoms with E-state index in [1.165, 1.54) is 47.8 Å². The molecule has 0 fully saturated rings. The summed E-state index contributed by atoms with van der Waals surface area (Å²) in [7, 11) is 1.55. The van der Waals surface area contributed by atoms with Crippen molar-refractivity contribution in [2.24, 2.45) is 0 Å². The number of methoxy groups -OCH3 is 1. The Morgan fingerprint density at radius 1 is 0.971 bits per heavy atom. The highest BCUT2D eigenvalue weighted by Gasteiger charge is 2.35. The fraction of sp³-hybridized carbons (Fsp3) is 0.111. The summed E-state index contributed by atoms with van der Waals surface area (Å²) in [5.41, 5.74) is 2.38. The normalized spacial score (nSPS) is 11.4. The predicted octanol–water partition coefficient (Wildman–Crippen LogP) is 4.96. The van der Waals surface area contributed by atoms with Crippen molar-refractivity contribution >= 4 is 23.2 Å². The highest BCUT2D eigenvalue weighted by molar-refractivity contribution is 6.11. The van der Waals surface area contributed by atoms with Crippen LogP contribution >= 0.6 is 0 Å². The molecule has 1 heterocycles. The van der Waals surface area contributed by atoms with Crippen LogP contribution in [0.15, 0.2) is 91.4 Å². The fourth-order valence-electron chi connectivity index (χ4n) is 3.69. The van der Waals surface area contributed by atoms with Gasteiger partial charge in [0.2, 0.25) is 0 Å². The molecule has 4 rings (SSSR count). The van der Waals surface area contributed by atoms with Crippen molar-refractivity contribution in [2.45, 2.75) is 13.0 Å². The van der Waals surface area contributed by atoms with Gasteiger partial charge in [0.25, 0.3) is 11.8 Å². The molecule has 0 aliphatic carbocycles. The van der Waals surface area contributed by atoms with Gasteiger partial charge in [0.15, 0.2) is 0 Å². The Balaban J connectivity index is 1.85. The molecule has 0 bridgehead atoms. The van der Waals surface area contributed by atoms with Crippen molar-refractivity contribution in [3.05, 3.63) is 114 Å². The molecule has 1 aromatic heterocycles. The van der Waals surface area contributed by atoms with E-state index in [1.54, 1.807) is 43.5 Å². The molecule has 0 radical (unpaired) electrons. The molecule has 0 aliphatic heterocycles. The van der Waals surface area contributed by atoms with Crippen molar-refractivity contribution in [1.29, 1.82) is 0 Å². The Morgan fingerprint density at radius 2 is 1.69 bits per heavy atom. The Labute approximate surface area is 202 Å². The summed E-state index contributed by atoms with van der Waals surface area (Å²) in [6, 6.07) is 18.5. The summed E-state index contributed by atoms with van der Waals surface area (Å²) >= 11 is 0. The zero-order valence-corrected chi connectivity index (χ0v) is 19.2. The lowest BCUT2D eigenvalue weighted by molar-refractivity contribution is -0.117. The van der Waals surface area contributed by atoms with Crippen LogP contribution in [-0.4, -0.2) is 28.9 Å². The second-order valence-corrected chi connectivity index (χ2v) is 7.72. The van der Waals surface area contributed by atoms with E-state index in [-0.39, 0.29) is 5.69 Å². The van der Waals surface area contributed by atoms with E-state index in [0.717, 1.165) is 5.56 Å². The maximum Gasteiger partial charge on any atom is 0.279 e. The average Bonchev–Trinajstić information content (AvgIpc) is 2.89. The second-order valence-electron chi connectivity index (χ2n) is 7.72. The van der Waals surface area contributed by atoms with E-state index in [2.05, 4.69) is 15.3 Å². The van der Waals surface area contributed by atoms with Gasteiger partial charge in [-0.05, 0) is 66.6 Å². The van der Waals surface area contributed by atoms with Gasteiger partial charge in [0.1, 0.15) is 23.3 Å². The minimum Gasteiger partial charge on any atom is -0.497 e. The molecule has 7 nitrogen and oxygen atoms in total. The van der Waals surface area contributed by atoms with Gasteiger partial charge < -0.3 is 10.1 Å². The zero-order chi connectivity index (χ0) is 24.8. The lowest BCUT2D eigenvalue weighted by atomic mass is 9.97. The van der Waals surface area contributed by atoms with Gasteiger partial charge >= 0.3 is 0 Å². The lowest BCUT2D eigenvalue weighted by Gasteiger charge is -2.32. The summed E-state index contributed by atoms with van der Waals surface area (Å²) in [4.78, 5) is 37.1. The van der Waals surface area contributed by atoms with Crippen molar-refractivity contribution in [1.82, 2.24) is 9.97 Å². The summed E-state index contributed by atoms with van der Waals surface area (Å²) in [6.45, 7) is 1.87. The standard InChI is InChI=1S/C27H23FN4O3/c1-18-5-3-4-6-23(18)25(26(33)31-20-9-7-19(28)8-10-20)32(21-11-13-22(35-2)14-12-21)27(34)24-17-29-15-16-30-24/h3-17,25H,1-2H3,(H,31,33)/t25-/m0/s1. The highest BCUT2D eigenvalue weighted by Crippen LogP contribution is 2.33. The number of rotatable bonds is 7. The van der Waals surface area contributed by atoms with Gasteiger partial charge in [-0.15, -0.1) is 0 Å². The largest absolute Gasteiger partial charge is 0.497 e. The summed E-state index contributed by atoms with van der Waals surface area (Å²) < 4.78 is 18.7. The Morgan fingerprint density at radius 3 is 2.31 bits per heavy atom. The number of aryl methyl sites for hydroxylation is 1.